The summed E-state index contributed by atoms with van der Waals surface area (Å²) in [7, 11) is 0. The normalized spacial score (nSPS) is 12.3. The zero-order valence-corrected chi connectivity index (χ0v) is 18.5. The summed E-state index contributed by atoms with van der Waals surface area (Å²) < 4.78 is 1.66. The van der Waals surface area contributed by atoms with E-state index >= 15 is 0 Å². The van der Waals surface area contributed by atoms with Gasteiger partial charge in [-0.25, -0.2) is 4.98 Å². The van der Waals surface area contributed by atoms with Crippen molar-refractivity contribution in [3.63, 3.8) is 0 Å². The summed E-state index contributed by atoms with van der Waals surface area (Å²) >= 11 is 2.85. The van der Waals surface area contributed by atoms with Crippen molar-refractivity contribution in [1.29, 1.82) is 0 Å². The Morgan fingerprint density at radius 1 is 1.25 bits per heavy atom. The van der Waals surface area contributed by atoms with Gasteiger partial charge in [0, 0.05) is 17.1 Å². The van der Waals surface area contributed by atoms with Crippen LogP contribution in [0.3, 0.4) is 0 Å². The quantitative estimate of drug-likeness (QED) is 0.465. The Morgan fingerprint density at radius 2 is 1.93 bits per heavy atom. The summed E-state index contributed by atoms with van der Waals surface area (Å²) in [5.41, 5.74) is 2.97. The van der Waals surface area contributed by atoms with Crippen LogP contribution in [0.2, 0.25) is 0 Å². The van der Waals surface area contributed by atoms with Crippen LogP contribution in [0.5, 0.6) is 0 Å². The highest BCUT2D eigenvalue weighted by molar-refractivity contribution is 8.00. The molecular formula is C21H25N3O2S2. The second kappa shape index (κ2) is 8.49. The van der Waals surface area contributed by atoms with Crippen LogP contribution in [0.25, 0.3) is 10.2 Å². The minimum absolute atomic E-state index is 0.0281. The van der Waals surface area contributed by atoms with Crippen molar-refractivity contribution >= 4 is 44.9 Å². The van der Waals surface area contributed by atoms with E-state index in [1.54, 1.807) is 4.57 Å². The highest BCUT2D eigenvalue weighted by Gasteiger charge is 2.21. The maximum absolute atomic E-state index is 12.9. The summed E-state index contributed by atoms with van der Waals surface area (Å²) in [5.74, 6) is -0.107. The van der Waals surface area contributed by atoms with E-state index in [-0.39, 0.29) is 16.7 Å². The molecule has 3 aromatic rings. The number of amides is 1. The molecule has 1 atom stereocenters. The summed E-state index contributed by atoms with van der Waals surface area (Å²) in [5, 5.41) is 3.85. The standard InChI is InChI=1S/C21H25N3O2S2/c1-6-15-8-10-16(11-9-15)22-18(25)14(5)28-21-23-19-17(12(3)13(4)27-19)20(26)24(21)7-2/h8-11,14H,6-7H2,1-5H3,(H,22,25). The number of rotatable bonds is 6. The van der Waals surface area contributed by atoms with Crippen molar-refractivity contribution < 1.29 is 4.79 Å². The Morgan fingerprint density at radius 3 is 2.54 bits per heavy atom. The molecule has 2 aromatic heterocycles. The number of thiophene rings is 1. The topological polar surface area (TPSA) is 64.0 Å². The Labute approximate surface area is 173 Å². The molecule has 0 aliphatic heterocycles. The van der Waals surface area contributed by atoms with Gasteiger partial charge in [0.1, 0.15) is 4.83 Å². The fraction of sp³-hybridized carbons (Fsp3) is 0.381. The van der Waals surface area contributed by atoms with Crippen LogP contribution in [0.15, 0.2) is 34.2 Å². The highest BCUT2D eigenvalue weighted by Crippen LogP contribution is 2.30. The Bertz CT molecular complexity index is 1070. The molecule has 0 saturated carbocycles. The molecule has 0 spiro atoms. The van der Waals surface area contributed by atoms with Crippen LogP contribution < -0.4 is 10.9 Å². The summed E-state index contributed by atoms with van der Waals surface area (Å²) in [6, 6.07) is 7.85. The fourth-order valence-electron chi connectivity index (χ4n) is 2.96. The second-order valence-corrected chi connectivity index (χ2v) is 9.22. The molecule has 1 amide bonds. The molecule has 1 N–H and O–H groups in total. The lowest BCUT2D eigenvalue weighted by Crippen LogP contribution is -2.26. The highest BCUT2D eigenvalue weighted by atomic mass is 32.2. The number of aromatic nitrogens is 2. The molecule has 0 saturated heterocycles. The van der Waals surface area contributed by atoms with E-state index in [4.69, 9.17) is 4.98 Å². The predicted molar refractivity (Wildman–Crippen MR) is 119 cm³/mol. The van der Waals surface area contributed by atoms with Crippen molar-refractivity contribution in [3.8, 4) is 0 Å². The number of nitrogens with zero attached hydrogens (tertiary/aromatic N) is 2. The number of thioether (sulfide) groups is 1. The van der Waals surface area contributed by atoms with Gasteiger partial charge < -0.3 is 5.32 Å². The van der Waals surface area contributed by atoms with E-state index in [0.717, 1.165) is 27.4 Å². The first kappa shape index (κ1) is 20.6. The molecule has 1 aromatic carbocycles. The third-order valence-electron chi connectivity index (χ3n) is 4.85. The SMILES string of the molecule is CCc1ccc(NC(=O)C(C)Sc2nc3sc(C)c(C)c3c(=O)n2CC)cc1. The summed E-state index contributed by atoms with van der Waals surface area (Å²) in [4.78, 5) is 32.1. The molecular weight excluding hydrogens is 390 g/mol. The van der Waals surface area contributed by atoms with Crippen LogP contribution in [0, 0.1) is 13.8 Å². The molecule has 0 aliphatic carbocycles. The molecule has 0 aliphatic rings. The molecule has 0 bridgehead atoms. The van der Waals surface area contributed by atoms with E-state index in [9.17, 15) is 9.59 Å². The molecule has 3 rings (SSSR count). The van der Waals surface area contributed by atoms with E-state index in [1.807, 2.05) is 52.0 Å². The van der Waals surface area contributed by atoms with Crippen LogP contribution in [-0.4, -0.2) is 20.7 Å². The van der Waals surface area contributed by atoms with E-state index < -0.39 is 0 Å². The van der Waals surface area contributed by atoms with Crippen LogP contribution in [0.1, 0.15) is 36.8 Å². The minimum atomic E-state index is -0.379. The molecule has 0 fully saturated rings. The largest absolute Gasteiger partial charge is 0.325 e. The van der Waals surface area contributed by atoms with Gasteiger partial charge in [-0.1, -0.05) is 30.8 Å². The minimum Gasteiger partial charge on any atom is -0.325 e. The molecule has 7 heteroatoms. The van der Waals surface area contributed by atoms with Crippen LogP contribution in [0.4, 0.5) is 5.69 Å². The Balaban J connectivity index is 1.84. The molecule has 28 heavy (non-hydrogen) atoms. The molecule has 5 nitrogen and oxygen atoms in total. The average Bonchev–Trinajstić information content (AvgIpc) is 2.96. The molecule has 2 heterocycles. The molecule has 1 unspecified atom stereocenters. The number of hydrogen-bond donors (Lipinski definition) is 1. The van der Waals surface area contributed by atoms with Crippen molar-refractivity contribution in [2.24, 2.45) is 0 Å². The zero-order chi connectivity index (χ0) is 20.4. The van der Waals surface area contributed by atoms with E-state index in [1.165, 1.54) is 28.7 Å². The fourth-order valence-corrected chi connectivity index (χ4v) is 5.00. The first-order valence-corrected chi connectivity index (χ1v) is 11.1. The zero-order valence-electron chi connectivity index (χ0n) is 16.8. The van der Waals surface area contributed by atoms with Gasteiger partial charge in [-0.2, -0.15) is 0 Å². The van der Waals surface area contributed by atoms with Crippen molar-refractivity contribution in [2.45, 2.75) is 58.0 Å². The number of carbonyl (C=O) groups excluding carboxylic acids is 1. The van der Waals surface area contributed by atoms with Gasteiger partial charge in [-0.05, 0) is 57.4 Å². The second-order valence-electron chi connectivity index (χ2n) is 6.71. The van der Waals surface area contributed by atoms with Crippen molar-refractivity contribution in [1.82, 2.24) is 9.55 Å². The van der Waals surface area contributed by atoms with Gasteiger partial charge in [0.05, 0.1) is 10.6 Å². The Hall–Kier alpha value is -2.12. The average molecular weight is 416 g/mol. The number of fused-ring (bicyclic) bond motifs is 1. The van der Waals surface area contributed by atoms with Gasteiger partial charge in [0.15, 0.2) is 5.16 Å². The lowest BCUT2D eigenvalue weighted by molar-refractivity contribution is -0.115. The first-order chi connectivity index (χ1) is 13.3. The maximum Gasteiger partial charge on any atom is 0.263 e. The van der Waals surface area contributed by atoms with E-state index in [0.29, 0.717) is 17.1 Å². The lowest BCUT2D eigenvalue weighted by atomic mass is 10.1. The molecule has 148 valence electrons. The number of hydrogen-bond acceptors (Lipinski definition) is 5. The number of nitrogens with one attached hydrogen (secondary N) is 1. The lowest BCUT2D eigenvalue weighted by Gasteiger charge is -2.15. The van der Waals surface area contributed by atoms with Gasteiger partial charge >= 0.3 is 0 Å². The monoisotopic (exact) mass is 415 g/mol. The Kier molecular flexibility index (Phi) is 6.25. The van der Waals surface area contributed by atoms with Crippen LogP contribution in [-0.2, 0) is 17.8 Å². The van der Waals surface area contributed by atoms with Gasteiger partial charge in [0.2, 0.25) is 5.91 Å². The summed E-state index contributed by atoms with van der Waals surface area (Å²) in [6.45, 7) is 10.3. The van der Waals surface area contributed by atoms with Crippen LogP contribution >= 0.6 is 23.1 Å². The third-order valence-corrected chi connectivity index (χ3v) is 7.04. The van der Waals surface area contributed by atoms with Gasteiger partial charge in [0.25, 0.3) is 5.56 Å². The smallest absolute Gasteiger partial charge is 0.263 e. The predicted octanol–water partition coefficient (Wildman–Crippen LogP) is 4.78. The van der Waals surface area contributed by atoms with Gasteiger partial charge in [-0.3, -0.25) is 14.2 Å². The number of aryl methyl sites for hydroxylation is 3. The number of carbonyl (C=O) groups is 1. The van der Waals surface area contributed by atoms with Gasteiger partial charge in [-0.15, -0.1) is 11.3 Å². The first-order valence-electron chi connectivity index (χ1n) is 9.42. The van der Waals surface area contributed by atoms with E-state index in [2.05, 4.69) is 12.2 Å². The summed E-state index contributed by atoms with van der Waals surface area (Å²) in [6.07, 6.45) is 0.963. The maximum atomic E-state index is 12.9. The number of anilines is 1. The number of benzene rings is 1. The third kappa shape index (κ3) is 4.00. The van der Waals surface area contributed by atoms with Crippen molar-refractivity contribution in [2.75, 3.05) is 5.32 Å². The van der Waals surface area contributed by atoms with Crippen molar-refractivity contribution in [3.05, 3.63) is 50.6 Å². The molecule has 0 radical (unpaired) electrons.